The van der Waals surface area contributed by atoms with Gasteiger partial charge in [0.05, 0.1) is 17.6 Å². The molecule has 0 radical (unpaired) electrons. The summed E-state index contributed by atoms with van der Waals surface area (Å²) >= 11 is 0. The fourth-order valence-corrected chi connectivity index (χ4v) is 4.19. The minimum Gasteiger partial charge on any atom is -0.346 e. The zero-order valence-corrected chi connectivity index (χ0v) is 17.0. The fourth-order valence-electron chi connectivity index (χ4n) is 4.19. The van der Waals surface area contributed by atoms with Crippen LogP contribution in [0.15, 0.2) is 73.3 Å². The van der Waals surface area contributed by atoms with Crippen molar-refractivity contribution in [1.29, 1.82) is 0 Å². The number of anilines is 1. The lowest BCUT2D eigenvalue weighted by molar-refractivity contribution is 0.0742. The van der Waals surface area contributed by atoms with Gasteiger partial charge >= 0.3 is 0 Å². The van der Waals surface area contributed by atoms with Gasteiger partial charge in [-0.3, -0.25) is 9.78 Å². The summed E-state index contributed by atoms with van der Waals surface area (Å²) in [4.78, 5) is 25.2. The highest BCUT2D eigenvalue weighted by atomic mass is 19.1. The maximum Gasteiger partial charge on any atom is 0.255 e. The molecule has 8 heteroatoms. The lowest BCUT2D eigenvalue weighted by Crippen LogP contribution is -2.39. The van der Waals surface area contributed by atoms with E-state index in [4.69, 9.17) is 0 Å². The molecule has 0 N–H and O–H groups in total. The van der Waals surface area contributed by atoms with Crippen molar-refractivity contribution in [1.82, 2.24) is 24.5 Å². The van der Waals surface area contributed by atoms with Gasteiger partial charge in [-0.05, 0) is 48.4 Å². The van der Waals surface area contributed by atoms with E-state index in [2.05, 4.69) is 20.0 Å². The molecule has 2 atom stereocenters. The Balaban J connectivity index is 1.49. The van der Waals surface area contributed by atoms with Crippen LogP contribution in [0.3, 0.4) is 0 Å². The SMILES string of the molecule is CN(C(=O)c1cccnc1)[C@H]1C[C@H](c2cccc(F)c2)N(c2ccc3nccn3n2)C1. The van der Waals surface area contributed by atoms with E-state index in [1.54, 1.807) is 65.5 Å². The third-order valence-electron chi connectivity index (χ3n) is 5.82. The van der Waals surface area contributed by atoms with Gasteiger partial charge in [0.15, 0.2) is 5.65 Å². The van der Waals surface area contributed by atoms with Gasteiger partial charge < -0.3 is 9.80 Å². The Morgan fingerprint density at radius 2 is 2.06 bits per heavy atom. The Morgan fingerprint density at radius 3 is 2.87 bits per heavy atom. The molecule has 1 amide bonds. The molecular formula is C23H21FN6O. The van der Waals surface area contributed by atoms with Crippen LogP contribution in [-0.2, 0) is 0 Å². The van der Waals surface area contributed by atoms with Gasteiger partial charge in [0.25, 0.3) is 5.91 Å². The first-order valence-electron chi connectivity index (χ1n) is 10.1. The van der Waals surface area contributed by atoms with Crippen LogP contribution in [0.5, 0.6) is 0 Å². The largest absolute Gasteiger partial charge is 0.346 e. The third kappa shape index (κ3) is 3.61. The number of carbonyl (C=O) groups excluding carboxylic acids is 1. The summed E-state index contributed by atoms with van der Waals surface area (Å²) in [5.74, 6) is 0.388. The predicted octanol–water partition coefficient (Wildman–Crippen LogP) is 3.36. The minimum atomic E-state index is -0.279. The van der Waals surface area contributed by atoms with Gasteiger partial charge in [0, 0.05) is 38.4 Å². The van der Waals surface area contributed by atoms with E-state index in [1.165, 1.54) is 6.07 Å². The standard InChI is InChI=1S/C23H21FN6O/c1-28(23(31)17-5-3-9-25-14-17)19-13-20(16-4-2-6-18(24)12-16)29(15-19)22-8-7-21-26-10-11-30(21)27-22/h2-12,14,19-20H,13,15H2,1H3/t19-,20+/m0/s1. The van der Waals surface area contributed by atoms with Crippen molar-refractivity contribution in [3.8, 4) is 0 Å². The first-order valence-corrected chi connectivity index (χ1v) is 10.1. The molecule has 1 fully saturated rings. The monoisotopic (exact) mass is 416 g/mol. The van der Waals surface area contributed by atoms with Crippen LogP contribution in [-0.4, -0.2) is 50.0 Å². The van der Waals surface area contributed by atoms with Crippen LogP contribution < -0.4 is 4.90 Å². The van der Waals surface area contributed by atoms with Crippen molar-refractivity contribution in [3.63, 3.8) is 0 Å². The Hall–Kier alpha value is -3.81. The van der Waals surface area contributed by atoms with Crippen molar-refractivity contribution in [2.75, 3.05) is 18.5 Å². The highest BCUT2D eigenvalue weighted by Gasteiger charge is 2.38. The number of imidazole rings is 1. The summed E-state index contributed by atoms with van der Waals surface area (Å²) < 4.78 is 15.7. The van der Waals surface area contributed by atoms with Crippen molar-refractivity contribution >= 4 is 17.4 Å². The number of likely N-dealkylation sites (N-methyl/N-ethyl adjacent to an activating group) is 1. The highest BCUT2D eigenvalue weighted by Crippen LogP contribution is 2.37. The topological polar surface area (TPSA) is 66.6 Å². The molecule has 1 saturated heterocycles. The van der Waals surface area contributed by atoms with Gasteiger partial charge in [0.2, 0.25) is 0 Å². The average Bonchev–Trinajstić information content (AvgIpc) is 3.45. The zero-order chi connectivity index (χ0) is 21.4. The number of nitrogens with zero attached hydrogens (tertiary/aromatic N) is 6. The molecule has 4 aromatic rings. The molecule has 4 heterocycles. The first kappa shape index (κ1) is 19.2. The zero-order valence-electron chi connectivity index (χ0n) is 17.0. The molecule has 31 heavy (non-hydrogen) atoms. The summed E-state index contributed by atoms with van der Waals surface area (Å²) in [6.45, 7) is 0.580. The van der Waals surface area contributed by atoms with E-state index in [0.717, 1.165) is 17.0 Å². The van der Waals surface area contributed by atoms with E-state index in [9.17, 15) is 9.18 Å². The van der Waals surface area contributed by atoms with Gasteiger partial charge in [-0.15, -0.1) is 5.10 Å². The van der Waals surface area contributed by atoms with E-state index in [-0.39, 0.29) is 23.8 Å². The lowest BCUT2D eigenvalue weighted by atomic mass is 10.0. The predicted molar refractivity (Wildman–Crippen MR) is 114 cm³/mol. The molecule has 3 aromatic heterocycles. The molecule has 5 rings (SSSR count). The first-order chi connectivity index (χ1) is 15.1. The van der Waals surface area contributed by atoms with Gasteiger partial charge in [0.1, 0.15) is 11.6 Å². The number of halogens is 1. The Bertz CT molecular complexity index is 1230. The van der Waals surface area contributed by atoms with E-state index in [1.807, 2.05) is 18.2 Å². The van der Waals surface area contributed by atoms with Crippen molar-refractivity contribution in [3.05, 3.63) is 90.3 Å². The molecule has 0 spiro atoms. The number of hydrogen-bond donors (Lipinski definition) is 0. The average molecular weight is 416 g/mol. The smallest absolute Gasteiger partial charge is 0.255 e. The van der Waals surface area contributed by atoms with Gasteiger partial charge in [-0.1, -0.05) is 12.1 Å². The Labute approximate surface area is 178 Å². The number of pyridine rings is 1. The number of carbonyl (C=O) groups is 1. The second-order valence-corrected chi connectivity index (χ2v) is 7.69. The molecule has 1 aliphatic heterocycles. The third-order valence-corrected chi connectivity index (χ3v) is 5.82. The quantitative estimate of drug-likeness (QED) is 0.510. The minimum absolute atomic E-state index is 0.0683. The number of hydrogen-bond acceptors (Lipinski definition) is 5. The van der Waals surface area contributed by atoms with Gasteiger partial charge in [-0.2, -0.15) is 0 Å². The maximum absolute atomic E-state index is 14.0. The summed E-state index contributed by atoms with van der Waals surface area (Å²) in [6.07, 6.45) is 7.37. The molecule has 0 unspecified atom stereocenters. The van der Waals surface area contributed by atoms with Crippen LogP contribution in [0.1, 0.15) is 28.4 Å². The van der Waals surface area contributed by atoms with E-state index >= 15 is 0 Å². The lowest BCUT2D eigenvalue weighted by Gasteiger charge is -2.26. The molecule has 0 aliphatic carbocycles. The molecule has 0 bridgehead atoms. The van der Waals surface area contributed by atoms with Crippen LogP contribution in [0.25, 0.3) is 5.65 Å². The molecule has 7 nitrogen and oxygen atoms in total. The number of benzene rings is 1. The van der Waals surface area contributed by atoms with E-state index < -0.39 is 0 Å². The number of fused-ring (bicyclic) bond motifs is 1. The number of rotatable bonds is 4. The summed E-state index contributed by atoms with van der Waals surface area (Å²) in [7, 11) is 1.80. The van der Waals surface area contributed by atoms with Crippen molar-refractivity contribution in [2.45, 2.75) is 18.5 Å². The van der Waals surface area contributed by atoms with E-state index in [0.29, 0.717) is 18.5 Å². The Kier molecular flexibility index (Phi) is 4.82. The number of aromatic nitrogens is 4. The highest BCUT2D eigenvalue weighted by molar-refractivity contribution is 5.94. The fraction of sp³-hybridized carbons (Fsp3) is 0.217. The molecule has 0 saturated carbocycles. The molecule has 156 valence electrons. The van der Waals surface area contributed by atoms with Crippen molar-refractivity contribution < 1.29 is 9.18 Å². The van der Waals surface area contributed by atoms with Crippen LogP contribution in [0.4, 0.5) is 10.2 Å². The van der Waals surface area contributed by atoms with Gasteiger partial charge in [-0.25, -0.2) is 13.9 Å². The number of amides is 1. The summed E-state index contributed by atoms with van der Waals surface area (Å²) in [5, 5.41) is 4.69. The molecular weight excluding hydrogens is 395 g/mol. The second kappa shape index (κ2) is 7.79. The second-order valence-electron chi connectivity index (χ2n) is 7.69. The van der Waals surface area contributed by atoms with Crippen LogP contribution in [0.2, 0.25) is 0 Å². The molecule has 1 aliphatic rings. The van der Waals surface area contributed by atoms with Crippen LogP contribution in [0, 0.1) is 5.82 Å². The molecule has 1 aromatic carbocycles. The van der Waals surface area contributed by atoms with Crippen molar-refractivity contribution in [2.24, 2.45) is 0 Å². The van der Waals surface area contributed by atoms with Crippen LogP contribution >= 0.6 is 0 Å². The Morgan fingerprint density at radius 1 is 1.16 bits per heavy atom. The summed E-state index contributed by atoms with van der Waals surface area (Å²) in [5.41, 5.74) is 2.16. The maximum atomic E-state index is 14.0. The normalized spacial score (nSPS) is 18.5. The summed E-state index contributed by atoms with van der Waals surface area (Å²) in [6, 6.07) is 13.8.